The Bertz CT molecular complexity index is 334. The van der Waals surface area contributed by atoms with Gasteiger partial charge in [0.15, 0.2) is 0 Å². The van der Waals surface area contributed by atoms with Gasteiger partial charge < -0.3 is 0 Å². The van der Waals surface area contributed by atoms with Gasteiger partial charge in [0.25, 0.3) is 5.24 Å². The number of aryl methyl sites for hydroxylation is 2. The maximum atomic E-state index is 12.9. The van der Waals surface area contributed by atoms with Gasteiger partial charge in [-0.15, -0.1) is 0 Å². The lowest BCUT2D eigenvalue weighted by Gasteiger charge is -2.02. The fourth-order valence-corrected chi connectivity index (χ4v) is 1.20. The van der Waals surface area contributed by atoms with Crippen molar-refractivity contribution in [1.82, 2.24) is 0 Å². The first-order chi connectivity index (χ1) is 5.52. The molecule has 1 aromatic carbocycles. The monoisotopic (exact) mass is 186 g/mol. The lowest BCUT2D eigenvalue weighted by atomic mass is 10.1. The van der Waals surface area contributed by atoms with Crippen LogP contribution in [0.15, 0.2) is 12.1 Å². The van der Waals surface area contributed by atoms with E-state index in [9.17, 15) is 9.18 Å². The molecule has 0 aliphatic heterocycles. The van der Waals surface area contributed by atoms with Crippen molar-refractivity contribution in [3.05, 3.63) is 34.6 Å². The molecule has 0 radical (unpaired) electrons. The van der Waals surface area contributed by atoms with Crippen LogP contribution in [0.2, 0.25) is 0 Å². The van der Waals surface area contributed by atoms with Crippen LogP contribution in [0.4, 0.5) is 4.39 Å². The second-order valence-electron chi connectivity index (χ2n) is 2.69. The zero-order valence-corrected chi connectivity index (χ0v) is 7.57. The van der Waals surface area contributed by atoms with E-state index in [1.54, 1.807) is 13.8 Å². The minimum Gasteiger partial charge on any atom is -0.276 e. The van der Waals surface area contributed by atoms with Gasteiger partial charge in [-0.25, -0.2) is 4.39 Å². The second kappa shape index (κ2) is 3.23. The molecule has 64 valence electrons. The summed E-state index contributed by atoms with van der Waals surface area (Å²) >= 11 is 5.27. The highest BCUT2D eigenvalue weighted by Gasteiger charge is 2.08. The third-order valence-electron chi connectivity index (χ3n) is 1.72. The molecule has 0 aromatic heterocycles. The predicted molar refractivity (Wildman–Crippen MR) is 46.1 cm³/mol. The summed E-state index contributed by atoms with van der Waals surface area (Å²) in [7, 11) is 0. The molecule has 0 aliphatic rings. The zero-order valence-electron chi connectivity index (χ0n) is 6.82. The summed E-state index contributed by atoms with van der Waals surface area (Å²) in [4.78, 5) is 10.8. The Hall–Kier alpha value is -0.890. The molecular formula is C9H8ClFO. The average Bonchev–Trinajstić information content (AvgIpc) is 1.96. The fourth-order valence-electron chi connectivity index (χ4n) is 0.993. The molecule has 1 rings (SSSR count). The third kappa shape index (κ3) is 1.64. The van der Waals surface area contributed by atoms with E-state index in [0.717, 1.165) is 0 Å². The van der Waals surface area contributed by atoms with Gasteiger partial charge in [0, 0.05) is 5.56 Å². The first-order valence-electron chi connectivity index (χ1n) is 3.49. The van der Waals surface area contributed by atoms with Gasteiger partial charge in [0.05, 0.1) is 0 Å². The number of carbonyl (C=O) groups excluding carboxylic acids is 1. The first kappa shape index (κ1) is 9.20. The van der Waals surface area contributed by atoms with Gasteiger partial charge in [-0.3, -0.25) is 4.79 Å². The topological polar surface area (TPSA) is 17.1 Å². The van der Waals surface area contributed by atoms with Crippen LogP contribution in [0.3, 0.4) is 0 Å². The predicted octanol–water partition coefficient (Wildman–Crippen LogP) is 2.82. The molecule has 12 heavy (non-hydrogen) atoms. The second-order valence-corrected chi connectivity index (χ2v) is 3.03. The standard InChI is InChI=1S/C9H8ClFO/c1-5-4-8(11)6(2)3-7(5)9(10)12/h3-4H,1-2H3. The molecule has 0 fully saturated rings. The van der Waals surface area contributed by atoms with Crippen LogP contribution >= 0.6 is 11.6 Å². The van der Waals surface area contributed by atoms with Crippen molar-refractivity contribution in [1.29, 1.82) is 0 Å². The van der Waals surface area contributed by atoms with E-state index in [0.29, 0.717) is 16.7 Å². The van der Waals surface area contributed by atoms with Crippen LogP contribution in [0.25, 0.3) is 0 Å². The number of rotatable bonds is 1. The normalized spacial score (nSPS) is 10.0. The zero-order chi connectivity index (χ0) is 9.30. The molecule has 0 heterocycles. The van der Waals surface area contributed by atoms with Crippen LogP contribution in [-0.4, -0.2) is 5.24 Å². The average molecular weight is 187 g/mol. The lowest BCUT2D eigenvalue weighted by molar-refractivity contribution is 0.108. The molecule has 0 spiro atoms. The Morgan fingerprint density at radius 3 is 2.42 bits per heavy atom. The van der Waals surface area contributed by atoms with Crippen molar-refractivity contribution >= 4 is 16.8 Å². The van der Waals surface area contributed by atoms with E-state index in [1.807, 2.05) is 0 Å². The summed E-state index contributed by atoms with van der Waals surface area (Å²) in [6, 6.07) is 2.77. The van der Waals surface area contributed by atoms with Gasteiger partial charge in [-0.2, -0.15) is 0 Å². The fraction of sp³-hybridized carbons (Fsp3) is 0.222. The molecule has 0 saturated heterocycles. The van der Waals surface area contributed by atoms with Crippen LogP contribution in [0.1, 0.15) is 21.5 Å². The van der Waals surface area contributed by atoms with Crippen LogP contribution < -0.4 is 0 Å². The van der Waals surface area contributed by atoms with E-state index in [4.69, 9.17) is 11.6 Å². The molecule has 0 bridgehead atoms. The molecule has 0 aliphatic carbocycles. The molecule has 3 heteroatoms. The molecule has 0 saturated carbocycles. The quantitative estimate of drug-likeness (QED) is 0.617. The highest BCUT2D eigenvalue weighted by atomic mass is 35.5. The van der Waals surface area contributed by atoms with Gasteiger partial charge in [-0.1, -0.05) is 0 Å². The Morgan fingerprint density at radius 1 is 1.33 bits per heavy atom. The van der Waals surface area contributed by atoms with Gasteiger partial charge >= 0.3 is 0 Å². The number of carbonyl (C=O) groups is 1. The summed E-state index contributed by atoms with van der Waals surface area (Å²) < 4.78 is 12.9. The van der Waals surface area contributed by atoms with Crippen molar-refractivity contribution in [2.75, 3.05) is 0 Å². The molecule has 0 atom stereocenters. The smallest absolute Gasteiger partial charge is 0.252 e. The minimum atomic E-state index is -0.546. The maximum absolute atomic E-state index is 12.9. The van der Waals surface area contributed by atoms with E-state index in [2.05, 4.69) is 0 Å². The Labute approximate surface area is 75.2 Å². The SMILES string of the molecule is Cc1cc(C(=O)Cl)c(C)cc1F. The molecule has 0 amide bonds. The first-order valence-corrected chi connectivity index (χ1v) is 3.86. The summed E-state index contributed by atoms with van der Waals surface area (Å²) in [6.07, 6.45) is 0. The molecule has 1 aromatic rings. The van der Waals surface area contributed by atoms with Crippen molar-refractivity contribution < 1.29 is 9.18 Å². The molecular weight excluding hydrogens is 179 g/mol. The molecule has 0 N–H and O–H groups in total. The highest BCUT2D eigenvalue weighted by Crippen LogP contribution is 2.16. The number of hydrogen-bond acceptors (Lipinski definition) is 1. The number of hydrogen-bond donors (Lipinski definition) is 0. The van der Waals surface area contributed by atoms with Gasteiger partial charge in [0.2, 0.25) is 0 Å². The molecule has 1 nitrogen and oxygen atoms in total. The summed E-state index contributed by atoms with van der Waals surface area (Å²) in [5.74, 6) is -0.311. The molecule has 0 unspecified atom stereocenters. The summed E-state index contributed by atoms with van der Waals surface area (Å²) in [5, 5.41) is -0.546. The van der Waals surface area contributed by atoms with Crippen molar-refractivity contribution in [3.63, 3.8) is 0 Å². The van der Waals surface area contributed by atoms with Gasteiger partial charge in [-0.05, 0) is 48.7 Å². The summed E-state index contributed by atoms with van der Waals surface area (Å²) in [5.41, 5.74) is 1.37. The Morgan fingerprint density at radius 2 is 1.92 bits per heavy atom. The van der Waals surface area contributed by atoms with Crippen molar-refractivity contribution in [3.8, 4) is 0 Å². The minimum absolute atomic E-state index is 0.311. The van der Waals surface area contributed by atoms with E-state index >= 15 is 0 Å². The number of halogens is 2. The van der Waals surface area contributed by atoms with Crippen LogP contribution in [0, 0.1) is 19.7 Å². The van der Waals surface area contributed by atoms with Crippen LogP contribution in [-0.2, 0) is 0 Å². The third-order valence-corrected chi connectivity index (χ3v) is 1.92. The highest BCUT2D eigenvalue weighted by molar-refractivity contribution is 6.67. The lowest BCUT2D eigenvalue weighted by Crippen LogP contribution is -1.96. The van der Waals surface area contributed by atoms with Gasteiger partial charge in [0.1, 0.15) is 5.82 Å². The van der Waals surface area contributed by atoms with Crippen molar-refractivity contribution in [2.24, 2.45) is 0 Å². The number of benzene rings is 1. The van der Waals surface area contributed by atoms with E-state index in [-0.39, 0.29) is 5.82 Å². The Balaban J connectivity index is 3.33. The van der Waals surface area contributed by atoms with Crippen LogP contribution in [0.5, 0.6) is 0 Å². The largest absolute Gasteiger partial charge is 0.276 e. The van der Waals surface area contributed by atoms with E-state index < -0.39 is 5.24 Å². The Kier molecular flexibility index (Phi) is 2.48. The summed E-state index contributed by atoms with van der Waals surface area (Å²) in [6.45, 7) is 3.25. The maximum Gasteiger partial charge on any atom is 0.252 e. The van der Waals surface area contributed by atoms with E-state index in [1.165, 1.54) is 12.1 Å². The van der Waals surface area contributed by atoms with Crippen molar-refractivity contribution in [2.45, 2.75) is 13.8 Å².